The molecule has 0 saturated heterocycles. The zero-order chi connectivity index (χ0) is 24.5. The number of halogens is 1. The lowest BCUT2D eigenvalue weighted by atomic mass is 9.87. The molecule has 2 atom stereocenters. The lowest BCUT2D eigenvalue weighted by Crippen LogP contribution is -2.34. The molecule has 0 fully saturated rings. The first-order valence-electron chi connectivity index (χ1n) is 10.7. The number of nitrogens with one attached hydrogen (secondary N) is 1. The van der Waals surface area contributed by atoms with Crippen LogP contribution in [-0.2, 0) is 11.2 Å². The monoisotopic (exact) mass is 497 g/mol. The first-order valence-corrected chi connectivity index (χ1v) is 12.0. The van der Waals surface area contributed by atoms with E-state index in [4.69, 9.17) is 21.3 Å². The highest BCUT2D eigenvalue weighted by atomic mass is 35.5. The number of thioether (sulfide) groups is 1. The number of allylic oxidation sites excluding steroid dienone is 2. The smallest absolute Gasteiger partial charge is 0.413 e. The van der Waals surface area contributed by atoms with Crippen LogP contribution in [0, 0.1) is 10.1 Å². The Bertz CT molecular complexity index is 1220. The Morgan fingerprint density at radius 2 is 1.97 bits per heavy atom. The average Bonchev–Trinajstić information content (AvgIpc) is 3.14. The molecule has 9 heteroatoms. The van der Waals surface area contributed by atoms with Gasteiger partial charge < -0.3 is 4.74 Å². The van der Waals surface area contributed by atoms with Crippen molar-refractivity contribution in [3.63, 3.8) is 0 Å². The zero-order valence-corrected chi connectivity index (χ0v) is 20.5. The molecule has 2 aromatic carbocycles. The average molecular weight is 498 g/mol. The van der Waals surface area contributed by atoms with Crippen molar-refractivity contribution >= 4 is 45.9 Å². The van der Waals surface area contributed by atoms with Crippen LogP contribution in [0.1, 0.15) is 31.9 Å². The van der Waals surface area contributed by atoms with Gasteiger partial charge in [-0.05, 0) is 61.6 Å². The van der Waals surface area contributed by atoms with E-state index in [-0.39, 0.29) is 17.0 Å². The standard InChI is InChI=1S/C25H24ClN3O4S/c1-25(2,3)33-24(30)28-23-27-22-20(17-5-4-6-18(26)14-17)12-16(13-21(22)34-23)11-15-7-9-19(10-8-15)29(31)32/h4-10,12-14,21-22H,11H2,1-3H3,(H,27,28,30). The Balaban J connectivity index is 1.61. The molecule has 2 aliphatic rings. The van der Waals surface area contributed by atoms with Crippen LogP contribution in [0.3, 0.4) is 0 Å². The van der Waals surface area contributed by atoms with Crippen LogP contribution in [0.2, 0.25) is 5.02 Å². The van der Waals surface area contributed by atoms with Crippen LogP contribution in [0.4, 0.5) is 10.5 Å². The van der Waals surface area contributed by atoms with E-state index in [9.17, 15) is 14.9 Å². The van der Waals surface area contributed by atoms with Crippen LogP contribution in [0.5, 0.6) is 0 Å². The van der Waals surface area contributed by atoms with E-state index in [1.54, 1.807) is 12.1 Å². The molecule has 176 valence electrons. The number of carbonyl (C=O) groups excluding carboxylic acids is 1. The maximum Gasteiger partial charge on any atom is 0.413 e. The number of non-ortho nitro benzene ring substituents is 1. The Labute approximate surface area is 207 Å². The molecule has 0 radical (unpaired) electrons. The SMILES string of the molecule is CC(C)(C)OC(=O)NC1=NC2C(c3cccc(Cl)c3)=CC(Cc3ccc([N+](=O)[O-])cc3)=CC2S1. The molecule has 0 aromatic heterocycles. The van der Waals surface area contributed by atoms with Crippen molar-refractivity contribution in [1.82, 2.24) is 5.32 Å². The lowest BCUT2D eigenvalue weighted by Gasteiger charge is -2.24. The number of amidine groups is 1. The molecule has 2 aromatic rings. The van der Waals surface area contributed by atoms with Gasteiger partial charge in [-0.15, -0.1) is 0 Å². The van der Waals surface area contributed by atoms with Crippen molar-refractivity contribution in [3.05, 3.63) is 92.5 Å². The molecule has 1 N–H and O–H groups in total. The predicted octanol–water partition coefficient (Wildman–Crippen LogP) is 6.18. The third kappa shape index (κ3) is 5.87. The molecule has 1 heterocycles. The van der Waals surface area contributed by atoms with Gasteiger partial charge in [0.15, 0.2) is 5.17 Å². The number of hydrogen-bond donors (Lipinski definition) is 1. The number of amides is 1. The van der Waals surface area contributed by atoms with Gasteiger partial charge in [0, 0.05) is 17.2 Å². The maximum absolute atomic E-state index is 12.3. The number of hydrogen-bond acceptors (Lipinski definition) is 6. The van der Waals surface area contributed by atoms with Crippen molar-refractivity contribution in [2.75, 3.05) is 0 Å². The number of aliphatic imine (C=N–C) groups is 1. The lowest BCUT2D eigenvalue weighted by molar-refractivity contribution is -0.384. The number of benzene rings is 2. The highest BCUT2D eigenvalue weighted by Gasteiger charge is 2.36. The van der Waals surface area contributed by atoms with Gasteiger partial charge in [-0.3, -0.25) is 20.4 Å². The summed E-state index contributed by atoms with van der Waals surface area (Å²) >= 11 is 7.73. The Hall–Kier alpha value is -3.10. The minimum Gasteiger partial charge on any atom is -0.444 e. The normalized spacial score (nSPS) is 19.5. The van der Waals surface area contributed by atoms with Crippen molar-refractivity contribution in [2.24, 2.45) is 4.99 Å². The van der Waals surface area contributed by atoms with Gasteiger partial charge >= 0.3 is 6.09 Å². The van der Waals surface area contributed by atoms with Crippen molar-refractivity contribution in [1.29, 1.82) is 0 Å². The summed E-state index contributed by atoms with van der Waals surface area (Å²) in [7, 11) is 0. The van der Waals surface area contributed by atoms with E-state index in [0.717, 1.165) is 22.3 Å². The van der Waals surface area contributed by atoms with E-state index in [1.165, 1.54) is 23.9 Å². The zero-order valence-electron chi connectivity index (χ0n) is 18.9. The van der Waals surface area contributed by atoms with Gasteiger partial charge in [0.1, 0.15) is 5.60 Å². The maximum atomic E-state index is 12.3. The summed E-state index contributed by atoms with van der Waals surface area (Å²) in [5, 5.41) is 14.8. The summed E-state index contributed by atoms with van der Waals surface area (Å²) < 4.78 is 5.37. The molecule has 4 rings (SSSR count). The van der Waals surface area contributed by atoms with Gasteiger partial charge in [-0.1, -0.05) is 59.8 Å². The van der Waals surface area contributed by atoms with Crippen molar-refractivity contribution < 1.29 is 14.5 Å². The molecule has 0 bridgehead atoms. The Morgan fingerprint density at radius 1 is 1.24 bits per heavy atom. The molecule has 0 saturated carbocycles. The minimum atomic E-state index is -0.607. The summed E-state index contributed by atoms with van der Waals surface area (Å²) in [6.07, 6.45) is 4.30. The number of nitrogens with zero attached hydrogens (tertiary/aromatic N) is 2. The molecule has 1 aliphatic carbocycles. The number of carbonyl (C=O) groups is 1. The molecular weight excluding hydrogens is 474 g/mol. The third-order valence-electron chi connectivity index (χ3n) is 5.17. The highest BCUT2D eigenvalue weighted by Crippen LogP contribution is 2.41. The third-order valence-corrected chi connectivity index (χ3v) is 6.51. The van der Waals surface area contributed by atoms with Gasteiger partial charge in [0.25, 0.3) is 5.69 Å². The van der Waals surface area contributed by atoms with Gasteiger partial charge in [-0.2, -0.15) is 0 Å². The molecule has 34 heavy (non-hydrogen) atoms. The first kappa shape index (κ1) is 24.0. The van der Waals surface area contributed by atoms with Gasteiger partial charge in [0.05, 0.1) is 16.2 Å². The number of rotatable bonds is 4. The van der Waals surface area contributed by atoms with Crippen LogP contribution in [-0.4, -0.2) is 33.1 Å². The number of nitro benzene ring substituents is 1. The summed E-state index contributed by atoms with van der Waals surface area (Å²) in [5.74, 6) is 0. The largest absolute Gasteiger partial charge is 0.444 e. The Kier molecular flexibility index (Phi) is 6.81. The van der Waals surface area contributed by atoms with Crippen molar-refractivity contribution in [2.45, 2.75) is 44.1 Å². The number of alkyl carbamates (subject to hydrolysis) is 1. The summed E-state index contributed by atoms with van der Waals surface area (Å²) in [6, 6.07) is 14.0. The fourth-order valence-corrected chi connectivity index (χ4v) is 5.14. The van der Waals surface area contributed by atoms with Crippen LogP contribution < -0.4 is 5.32 Å². The number of fused-ring (bicyclic) bond motifs is 1. The molecule has 1 aliphatic heterocycles. The van der Waals surface area contributed by atoms with Crippen molar-refractivity contribution in [3.8, 4) is 0 Å². The van der Waals surface area contributed by atoms with Gasteiger partial charge in [0.2, 0.25) is 0 Å². The highest BCUT2D eigenvalue weighted by molar-refractivity contribution is 8.14. The van der Waals surface area contributed by atoms with E-state index < -0.39 is 16.6 Å². The summed E-state index contributed by atoms with van der Waals surface area (Å²) in [5.41, 5.74) is 3.44. The van der Waals surface area contributed by atoms with E-state index in [2.05, 4.69) is 17.5 Å². The topological polar surface area (TPSA) is 93.8 Å². The molecular formula is C25H24ClN3O4S. The second-order valence-corrected chi connectivity index (χ2v) is 10.6. The van der Waals surface area contributed by atoms with Gasteiger partial charge in [-0.25, -0.2) is 4.79 Å². The molecule has 0 spiro atoms. The van der Waals surface area contributed by atoms with E-state index in [0.29, 0.717) is 16.6 Å². The second-order valence-electron chi connectivity index (χ2n) is 9.04. The fourth-order valence-electron chi connectivity index (χ4n) is 3.80. The first-order chi connectivity index (χ1) is 16.1. The molecule has 2 unspecified atom stereocenters. The van der Waals surface area contributed by atoms with E-state index in [1.807, 2.05) is 45.0 Å². The molecule has 1 amide bonds. The van der Waals surface area contributed by atoms with E-state index >= 15 is 0 Å². The summed E-state index contributed by atoms with van der Waals surface area (Å²) in [4.78, 5) is 27.6. The Morgan fingerprint density at radius 3 is 2.62 bits per heavy atom. The van der Waals surface area contributed by atoms with Crippen LogP contribution in [0.15, 0.2) is 71.2 Å². The molecule has 7 nitrogen and oxygen atoms in total. The number of ether oxygens (including phenoxy) is 1. The predicted molar refractivity (Wildman–Crippen MR) is 136 cm³/mol. The number of nitro groups is 1. The van der Waals surface area contributed by atoms with Crippen LogP contribution in [0.25, 0.3) is 5.57 Å². The minimum absolute atomic E-state index is 0.0167. The van der Waals surface area contributed by atoms with Crippen LogP contribution >= 0.6 is 23.4 Å². The quantitative estimate of drug-likeness (QED) is 0.402. The second kappa shape index (κ2) is 9.64. The summed E-state index contributed by atoms with van der Waals surface area (Å²) in [6.45, 7) is 5.43. The fraction of sp³-hybridized carbons (Fsp3) is 0.280.